The lowest BCUT2D eigenvalue weighted by Gasteiger charge is -2.03. The van der Waals surface area contributed by atoms with Crippen LogP contribution in [0.2, 0.25) is 0 Å². The van der Waals surface area contributed by atoms with Crippen LogP contribution in [0.4, 0.5) is 8.78 Å². The van der Waals surface area contributed by atoms with E-state index in [0.717, 1.165) is 0 Å². The summed E-state index contributed by atoms with van der Waals surface area (Å²) in [5.41, 5.74) is 2.21. The molecule has 5 nitrogen and oxygen atoms in total. The minimum absolute atomic E-state index is 0.469. The van der Waals surface area contributed by atoms with Crippen LogP contribution in [0.15, 0.2) is 10.9 Å². The van der Waals surface area contributed by atoms with E-state index in [0.29, 0.717) is 6.07 Å². The molecule has 0 aromatic carbocycles. The van der Waals surface area contributed by atoms with Gasteiger partial charge in [-0.2, -0.15) is 0 Å². The minimum Gasteiger partial charge on any atom is -0.503 e. The average molecular weight is 204 g/mol. The number of carbonyl (C=O) groups is 1. The van der Waals surface area contributed by atoms with Gasteiger partial charge in [-0.3, -0.25) is 9.59 Å². The number of amides is 1. The highest BCUT2D eigenvalue weighted by Crippen LogP contribution is 2.24. The average Bonchev–Trinajstić information content (AvgIpc) is 2.08. The minimum atomic E-state index is -3.05. The maximum atomic E-state index is 12.2. The molecule has 4 N–H and O–H groups in total. The molecule has 0 unspecified atom stereocenters. The largest absolute Gasteiger partial charge is 0.503 e. The van der Waals surface area contributed by atoms with E-state index in [-0.39, 0.29) is 0 Å². The number of aromatic hydroxyl groups is 1. The van der Waals surface area contributed by atoms with Gasteiger partial charge in [-0.15, -0.1) is 0 Å². The summed E-state index contributed by atoms with van der Waals surface area (Å²) in [5.74, 6) is -2.16. The molecule has 1 rings (SSSR count). The van der Waals surface area contributed by atoms with Crippen LogP contribution >= 0.6 is 0 Å². The SMILES string of the molecule is NC(=O)c1cc(C(F)F)c(O)c(=O)[nH]1. The quantitative estimate of drug-likeness (QED) is 0.638. The summed E-state index contributed by atoms with van der Waals surface area (Å²) >= 11 is 0. The fourth-order valence-electron chi connectivity index (χ4n) is 0.872. The summed E-state index contributed by atoms with van der Waals surface area (Å²) in [4.78, 5) is 23.2. The monoisotopic (exact) mass is 204 g/mol. The standard InChI is InChI=1S/C7H6F2N2O3/c8-5(9)2-1-3(6(10)13)11-7(14)4(2)12/h1,5,12H,(H2,10,13)(H,11,14). The van der Waals surface area contributed by atoms with Crippen molar-refractivity contribution < 1.29 is 18.7 Å². The Morgan fingerprint density at radius 1 is 1.57 bits per heavy atom. The van der Waals surface area contributed by atoms with Gasteiger partial charge in [-0.05, 0) is 6.07 Å². The number of primary amides is 1. The number of nitrogens with two attached hydrogens (primary N) is 1. The maximum absolute atomic E-state index is 12.2. The molecule has 76 valence electrons. The van der Waals surface area contributed by atoms with E-state index >= 15 is 0 Å². The van der Waals surface area contributed by atoms with E-state index < -0.39 is 34.9 Å². The molecule has 7 heteroatoms. The first kappa shape index (κ1) is 10.2. The summed E-state index contributed by atoms with van der Waals surface area (Å²) in [6, 6.07) is 0.643. The molecule has 1 amide bonds. The zero-order valence-electron chi connectivity index (χ0n) is 6.75. The number of nitrogens with one attached hydrogen (secondary N) is 1. The van der Waals surface area contributed by atoms with Crippen LogP contribution in [0.3, 0.4) is 0 Å². The number of hydrogen-bond donors (Lipinski definition) is 3. The first-order valence-electron chi connectivity index (χ1n) is 3.47. The number of H-pyrrole nitrogens is 1. The van der Waals surface area contributed by atoms with Crippen LogP contribution in [0, 0.1) is 0 Å². The van der Waals surface area contributed by atoms with Crippen molar-refractivity contribution >= 4 is 5.91 Å². The molecule has 14 heavy (non-hydrogen) atoms. The Morgan fingerprint density at radius 2 is 2.14 bits per heavy atom. The number of aromatic nitrogens is 1. The molecule has 1 aromatic rings. The zero-order valence-corrected chi connectivity index (χ0v) is 6.75. The maximum Gasteiger partial charge on any atom is 0.291 e. The lowest BCUT2D eigenvalue weighted by atomic mass is 10.2. The van der Waals surface area contributed by atoms with Crippen molar-refractivity contribution in [2.24, 2.45) is 5.73 Å². The van der Waals surface area contributed by atoms with Gasteiger partial charge in [0, 0.05) is 0 Å². The summed E-state index contributed by atoms with van der Waals surface area (Å²) in [7, 11) is 0. The summed E-state index contributed by atoms with van der Waals surface area (Å²) < 4.78 is 24.4. The Labute approximate surface area is 76.2 Å². The highest BCUT2D eigenvalue weighted by molar-refractivity contribution is 5.91. The normalized spacial score (nSPS) is 10.5. The molecular weight excluding hydrogens is 198 g/mol. The van der Waals surface area contributed by atoms with Crippen molar-refractivity contribution in [3.05, 3.63) is 27.7 Å². The van der Waals surface area contributed by atoms with Crippen LogP contribution < -0.4 is 11.3 Å². The first-order valence-corrected chi connectivity index (χ1v) is 3.47. The topological polar surface area (TPSA) is 96.2 Å². The number of pyridine rings is 1. The predicted octanol–water partition coefficient (Wildman–Crippen LogP) is 0.117. The molecule has 1 heterocycles. The number of hydrogen-bond acceptors (Lipinski definition) is 3. The molecule has 0 aliphatic carbocycles. The molecule has 0 saturated carbocycles. The third kappa shape index (κ3) is 1.70. The molecule has 0 saturated heterocycles. The second-order valence-corrected chi connectivity index (χ2v) is 2.48. The van der Waals surface area contributed by atoms with Gasteiger partial charge in [0.15, 0.2) is 5.75 Å². The highest BCUT2D eigenvalue weighted by Gasteiger charge is 2.18. The predicted molar refractivity (Wildman–Crippen MR) is 42.2 cm³/mol. The Hall–Kier alpha value is -1.92. The molecule has 0 atom stereocenters. The van der Waals surface area contributed by atoms with Crippen molar-refractivity contribution in [2.75, 3.05) is 0 Å². The lowest BCUT2D eigenvalue weighted by Crippen LogP contribution is -2.19. The fourth-order valence-corrected chi connectivity index (χ4v) is 0.872. The van der Waals surface area contributed by atoms with Crippen molar-refractivity contribution in [2.45, 2.75) is 6.43 Å². The van der Waals surface area contributed by atoms with Crippen LogP contribution in [-0.4, -0.2) is 16.0 Å². The third-order valence-corrected chi connectivity index (χ3v) is 1.54. The second-order valence-electron chi connectivity index (χ2n) is 2.48. The lowest BCUT2D eigenvalue weighted by molar-refractivity contribution is 0.0994. The highest BCUT2D eigenvalue weighted by atomic mass is 19.3. The smallest absolute Gasteiger partial charge is 0.291 e. The third-order valence-electron chi connectivity index (χ3n) is 1.54. The van der Waals surface area contributed by atoms with Gasteiger partial charge in [0.05, 0.1) is 5.56 Å². The van der Waals surface area contributed by atoms with Crippen molar-refractivity contribution in [1.29, 1.82) is 0 Å². The molecule has 0 fully saturated rings. The molecule has 0 aliphatic rings. The van der Waals surface area contributed by atoms with Crippen molar-refractivity contribution in [3.8, 4) is 5.75 Å². The molecular formula is C7H6F2N2O3. The zero-order chi connectivity index (χ0) is 10.9. The van der Waals surface area contributed by atoms with Crippen LogP contribution in [0.1, 0.15) is 22.5 Å². The Morgan fingerprint density at radius 3 is 2.57 bits per heavy atom. The molecule has 0 spiro atoms. The molecule has 0 radical (unpaired) electrons. The Bertz CT molecular complexity index is 427. The van der Waals surface area contributed by atoms with Crippen LogP contribution in [-0.2, 0) is 0 Å². The van der Waals surface area contributed by atoms with E-state index in [1.807, 2.05) is 4.98 Å². The van der Waals surface area contributed by atoms with E-state index in [2.05, 4.69) is 0 Å². The van der Waals surface area contributed by atoms with Gasteiger partial charge in [0.2, 0.25) is 0 Å². The van der Waals surface area contributed by atoms with E-state index in [1.165, 1.54) is 0 Å². The van der Waals surface area contributed by atoms with Crippen molar-refractivity contribution in [1.82, 2.24) is 4.98 Å². The Balaban J connectivity index is 3.43. The Kier molecular flexibility index (Phi) is 2.50. The summed E-state index contributed by atoms with van der Waals surface area (Å²) in [6.07, 6.45) is -3.05. The van der Waals surface area contributed by atoms with E-state index in [9.17, 15) is 18.4 Å². The summed E-state index contributed by atoms with van der Waals surface area (Å²) in [5, 5.41) is 8.90. The van der Waals surface area contributed by atoms with Crippen molar-refractivity contribution in [3.63, 3.8) is 0 Å². The van der Waals surface area contributed by atoms with Gasteiger partial charge >= 0.3 is 0 Å². The number of alkyl halides is 2. The molecule has 1 aromatic heterocycles. The first-order chi connectivity index (χ1) is 6.43. The van der Waals surface area contributed by atoms with E-state index in [1.54, 1.807) is 0 Å². The van der Waals surface area contributed by atoms with Gasteiger partial charge in [-0.25, -0.2) is 8.78 Å². The van der Waals surface area contributed by atoms with Gasteiger partial charge < -0.3 is 15.8 Å². The number of rotatable bonds is 2. The number of halogens is 2. The van der Waals surface area contributed by atoms with Crippen LogP contribution in [0.25, 0.3) is 0 Å². The number of carbonyl (C=O) groups excluding carboxylic acids is 1. The van der Waals surface area contributed by atoms with Gasteiger partial charge in [0.25, 0.3) is 17.9 Å². The second kappa shape index (κ2) is 3.44. The molecule has 0 aliphatic heterocycles. The van der Waals surface area contributed by atoms with Gasteiger partial charge in [-0.1, -0.05) is 0 Å². The van der Waals surface area contributed by atoms with Gasteiger partial charge in [0.1, 0.15) is 5.69 Å². The fraction of sp³-hybridized carbons (Fsp3) is 0.143. The van der Waals surface area contributed by atoms with E-state index in [4.69, 9.17) is 10.8 Å². The number of aromatic amines is 1. The van der Waals surface area contributed by atoms with Crippen LogP contribution in [0.5, 0.6) is 5.75 Å². The summed E-state index contributed by atoms with van der Waals surface area (Å²) in [6.45, 7) is 0. The molecule has 0 bridgehead atoms.